The molecule has 2 aromatic carbocycles. The van der Waals surface area contributed by atoms with Gasteiger partial charge in [-0.3, -0.25) is 0 Å². The van der Waals surface area contributed by atoms with Gasteiger partial charge in [0.1, 0.15) is 5.01 Å². The molecule has 4 aromatic rings. The molecule has 1 N–H and O–H groups in total. The summed E-state index contributed by atoms with van der Waals surface area (Å²) in [5, 5.41) is 5.61. The van der Waals surface area contributed by atoms with Crippen LogP contribution in [0.5, 0.6) is 0 Å². The van der Waals surface area contributed by atoms with Gasteiger partial charge in [0.05, 0.1) is 0 Å². The van der Waals surface area contributed by atoms with Crippen LogP contribution in [0.15, 0.2) is 54.0 Å². The highest BCUT2D eigenvalue weighted by molar-refractivity contribution is 7.13. The van der Waals surface area contributed by atoms with Gasteiger partial charge in [-0.05, 0) is 24.3 Å². The molecule has 4 rings (SSSR count). The minimum atomic E-state index is 1.07. The van der Waals surface area contributed by atoms with Crippen molar-refractivity contribution in [3.05, 3.63) is 54.0 Å². The molecule has 18 heavy (non-hydrogen) atoms. The Bertz CT molecular complexity index is 828. The number of fused-ring (bicyclic) bond motifs is 3. The first-order valence-electron chi connectivity index (χ1n) is 5.82. The van der Waals surface area contributed by atoms with Crippen LogP contribution in [0, 0.1) is 0 Å². The lowest BCUT2D eigenvalue weighted by Gasteiger charge is -1.97. The molecule has 0 unspecified atom stereocenters. The summed E-state index contributed by atoms with van der Waals surface area (Å²) in [6.07, 6.45) is 1.85. The Kier molecular flexibility index (Phi) is 2.02. The molecule has 0 saturated heterocycles. The van der Waals surface area contributed by atoms with Crippen LogP contribution in [0.25, 0.3) is 32.4 Å². The van der Waals surface area contributed by atoms with Crippen molar-refractivity contribution < 1.29 is 0 Å². The van der Waals surface area contributed by atoms with Crippen LogP contribution in [-0.2, 0) is 0 Å². The molecule has 0 atom stereocenters. The van der Waals surface area contributed by atoms with Crippen molar-refractivity contribution in [1.29, 1.82) is 0 Å². The summed E-state index contributed by atoms with van der Waals surface area (Å²) in [6.45, 7) is 0. The van der Waals surface area contributed by atoms with Crippen molar-refractivity contribution >= 4 is 33.1 Å². The molecule has 2 heterocycles. The van der Waals surface area contributed by atoms with Gasteiger partial charge in [-0.15, -0.1) is 11.3 Å². The van der Waals surface area contributed by atoms with Crippen molar-refractivity contribution in [3.63, 3.8) is 0 Å². The molecule has 86 valence electrons. The topological polar surface area (TPSA) is 28.7 Å². The molecule has 0 aliphatic heterocycles. The fraction of sp³-hybridized carbons (Fsp3) is 0. The molecule has 0 bridgehead atoms. The number of para-hydroxylation sites is 1. The maximum atomic E-state index is 4.37. The zero-order chi connectivity index (χ0) is 11.9. The SMILES string of the molecule is c1ccc2c(c1)[nH]c1ccc(-c3nccs3)cc12. The molecule has 0 aliphatic rings. The Morgan fingerprint density at radius 2 is 1.83 bits per heavy atom. The summed E-state index contributed by atoms with van der Waals surface area (Å²) >= 11 is 1.67. The summed E-state index contributed by atoms with van der Waals surface area (Å²) in [7, 11) is 0. The Hall–Kier alpha value is -2.13. The summed E-state index contributed by atoms with van der Waals surface area (Å²) in [6, 6.07) is 14.9. The molecule has 3 heteroatoms. The van der Waals surface area contributed by atoms with Crippen LogP contribution >= 0.6 is 11.3 Å². The number of hydrogen-bond acceptors (Lipinski definition) is 2. The highest BCUT2D eigenvalue weighted by Crippen LogP contribution is 2.30. The van der Waals surface area contributed by atoms with Crippen molar-refractivity contribution in [2.45, 2.75) is 0 Å². The van der Waals surface area contributed by atoms with E-state index >= 15 is 0 Å². The van der Waals surface area contributed by atoms with E-state index in [4.69, 9.17) is 0 Å². The van der Waals surface area contributed by atoms with Crippen LogP contribution < -0.4 is 0 Å². The second-order valence-electron chi connectivity index (χ2n) is 4.27. The molecular weight excluding hydrogens is 240 g/mol. The summed E-state index contributed by atoms with van der Waals surface area (Å²) in [5.41, 5.74) is 3.54. The lowest BCUT2D eigenvalue weighted by atomic mass is 10.1. The standard InChI is InChI=1S/C15H10N2S/c1-2-4-13-11(3-1)12-9-10(5-6-14(12)17-13)15-16-7-8-18-15/h1-9,17H. The monoisotopic (exact) mass is 250 g/mol. The quantitative estimate of drug-likeness (QED) is 0.531. The van der Waals surface area contributed by atoms with E-state index in [0.29, 0.717) is 0 Å². The normalized spacial score (nSPS) is 11.3. The minimum Gasteiger partial charge on any atom is -0.355 e. The number of benzene rings is 2. The van der Waals surface area contributed by atoms with Crippen molar-refractivity contribution in [2.24, 2.45) is 0 Å². The summed E-state index contributed by atoms with van der Waals surface area (Å²) in [4.78, 5) is 7.80. The van der Waals surface area contributed by atoms with Gasteiger partial charge in [0, 0.05) is 38.9 Å². The predicted molar refractivity (Wildman–Crippen MR) is 76.9 cm³/mol. The molecule has 2 nitrogen and oxygen atoms in total. The van der Waals surface area contributed by atoms with E-state index in [1.807, 2.05) is 11.6 Å². The van der Waals surface area contributed by atoms with Crippen LogP contribution in [0.2, 0.25) is 0 Å². The summed E-state index contributed by atoms with van der Waals surface area (Å²) in [5.74, 6) is 0. The van der Waals surface area contributed by atoms with Crippen LogP contribution in [0.1, 0.15) is 0 Å². The number of nitrogens with one attached hydrogen (secondary N) is 1. The highest BCUT2D eigenvalue weighted by atomic mass is 32.1. The van der Waals surface area contributed by atoms with Crippen molar-refractivity contribution in [2.75, 3.05) is 0 Å². The van der Waals surface area contributed by atoms with E-state index in [1.54, 1.807) is 11.3 Å². The number of aromatic nitrogens is 2. The van der Waals surface area contributed by atoms with Crippen LogP contribution in [0.3, 0.4) is 0 Å². The Balaban J connectivity index is 2.07. The molecule has 0 fully saturated rings. The number of hydrogen-bond donors (Lipinski definition) is 1. The molecule has 0 amide bonds. The van der Waals surface area contributed by atoms with Gasteiger partial charge in [0.25, 0.3) is 0 Å². The van der Waals surface area contributed by atoms with Gasteiger partial charge in [-0.2, -0.15) is 0 Å². The molecule has 0 spiro atoms. The minimum absolute atomic E-state index is 1.07. The maximum Gasteiger partial charge on any atom is 0.123 e. The first kappa shape index (κ1) is 9.85. The Morgan fingerprint density at radius 3 is 2.72 bits per heavy atom. The second kappa shape index (κ2) is 3.68. The average molecular weight is 250 g/mol. The number of H-pyrrole nitrogens is 1. The van der Waals surface area contributed by atoms with E-state index in [9.17, 15) is 0 Å². The highest BCUT2D eigenvalue weighted by Gasteiger charge is 2.06. The average Bonchev–Trinajstić information content (AvgIpc) is 3.05. The number of aromatic amines is 1. The number of thiazole rings is 1. The van der Waals surface area contributed by atoms with E-state index in [-0.39, 0.29) is 0 Å². The zero-order valence-electron chi connectivity index (χ0n) is 9.55. The smallest absolute Gasteiger partial charge is 0.123 e. The molecule has 0 aliphatic carbocycles. The van der Waals surface area contributed by atoms with Gasteiger partial charge in [0.15, 0.2) is 0 Å². The Morgan fingerprint density at radius 1 is 0.944 bits per heavy atom. The fourth-order valence-electron chi connectivity index (χ4n) is 2.35. The zero-order valence-corrected chi connectivity index (χ0v) is 10.4. The maximum absolute atomic E-state index is 4.37. The fourth-order valence-corrected chi connectivity index (χ4v) is 2.98. The molecular formula is C15H10N2S. The first-order valence-corrected chi connectivity index (χ1v) is 6.70. The van der Waals surface area contributed by atoms with E-state index in [0.717, 1.165) is 5.01 Å². The van der Waals surface area contributed by atoms with Gasteiger partial charge < -0.3 is 4.98 Å². The van der Waals surface area contributed by atoms with Gasteiger partial charge >= 0.3 is 0 Å². The van der Waals surface area contributed by atoms with E-state index in [2.05, 4.69) is 52.4 Å². The molecule has 2 aromatic heterocycles. The van der Waals surface area contributed by atoms with Gasteiger partial charge in [0.2, 0.25) is 0 Å². The third-order valence-corrected chi connectivity index (χ3v) is 4.01. The van der Waals surface area contributed by atoms with Gasteiger partial charge in [-0.1, -0.05) is 18.2 Å². The van der Waals surface area contributed by atoms with Crippen molar-refractivity contribution in [1.82, 2.24) is 9.97 Å². The lowest BCUT2D eigenvalue weighted by Crippen LogP contribution is -1.75. The van der Waals surface area contributed by atoms with Gasteiger partial charge in [-0.25, -0.2) is 4.98 Å². The third kappa shape index (κ3) is 1.38. The largest absolute Gasteiger partial charge is 0.355 e. The number of rotatable bonds is 1. The van der Waals surface area contributed by atoms with Crippen LogP contribution in [-0.4, -0.2) is 9.97 Å². The predicted octanol–water partition coefficient (Wildman–Crippen LogP) is 4.44. The first-order chi connectivity index (χ1) is 8.92. The van der Waals surface area contributed by atoms with E-state index < -0.39 is 0 Å². The third-order valence-electron chi connectivity index (χ3n) is 3.19. The molecule has 0 saturated carbocycles. The van der Waals surface area contributed by atoms with Crippen LogP contribution in [0.4, 0.5) is 0 Å². The lowest BCUT2D eigenvalue weighted by molar-refractivity contribution is 1.42. The second-order valence-corrected chi connectivity index (χ2v) is 5.16. The number of nitrogens with zero attached hydrogens (tertiary/aromatic N) is 1. The Labute approximate surface area is 108 Å². The summed E-state index contributed by atoms with van der Waals surface area (Å²) < 4.78 is 0. The van der Waals surface area contributed by atoms with E-state index in [1.165, 1.54) is 27.4 Å². The van der Waals surface area contributed by atoms with Crippen molar-refractivity contribution in [3.8, 4) is 10.6 Å². The molecule has 0 radical (unpaired) electrons.